The van der Waals surface area contributed by atoms with Gasteiger partial charge in [-0.15, -0.1) is 0 Å². The number of rotatable bonds is 3. The van der Waals surface area contributed by atoms with Crippen molar-refractivity contribution < 1.29 is 9.90 Å². The zero-order valence-electron chi connectivity index (χ0n) is 5.32. The molecule has 4 nitrogen and oxygen atoms in total. The monoisotopic (exact) mass is 139 g/mol. The lowest BCUT2D eigenvalue weighted by Gasteiger charge is -1.94. The molecule has 10 heavy (non-hydrogen) atoms. The maximum atomic E-state index is 10.0. The molecule has 0 saturated carbocycles. The maximum Gasteiger partial charge on any atom is 0.305 e. The molecule has 0 spiro atoms. The molecule has 0 aliphatic heterocycles. The van der Waals surface area contributed by atoms with E-state index in [1.54, 1.807) is 12.3 Å². The van der Waals surface area contributed by atoms with Crippen molar-refractivity contribution >= 4 is 5.97 Å². The molecular formula is C6H7N2O2. The summed E-state index contributed by atoms with van der Waals surface area (Å²) < 4.78 is 1.54. The standard InChI is InChI=1S/C6H7N2O2/c9-6(10)2-5-8-4-1-3-7-8/h1,4H,2,5H2,(H,9,10). The van der Waals surface area contributed by atoms with Crippen LogP contribution in [0, 0.1) is 6.20 Å². The Hall–Kier alpha value is -1.32. The van der Waals surface area contributed by atoms with Crippen molar-refractivity contribution in [1.82, 2.24) is 9.78 Å². The first-order valence-electron chi connectivity index (χ1n) is 2.90. The second kappa shape index (κ2) is 3.00. The van der Waals surface area contributed by atoms with Crippen molar-refractivity contribution in [3.63, 3.8) is 0 Å². The van der Waals surface area contributed by atoms with Crippen molar-refractivity contribution in [1.29, 1.82) is 0 Å². The van der Waals surface area contributed by atoms with E-state index in [-0.39, 0.29) is 6.42 Å². The lowest BCUT2D eigenvalue weighted by molar-refractivity contribution is -0.137. The van der Waals surface area contributed by atoms with E-state index < -0.39 is 5.97 Å². The van der Waals surface area contributed by atoms with Crippen LogP contribution < -0.4 is 0 Å². The summed E-state index contributed by atoms with van der Waals surface area (Å²) >= 11 is 0. The molecule has 0 bridgehead atoms. The van der Waals surface area contributed by atoms with E-state index >= 15 is 0 Å². The van der Waals surface area contributed by atoms with Gasteiger partial charge in [0, 0.05) is 6.20 Å². The summed E-state index contributed by atoms with van der Waals surface area (Å²) in [7, 11) is 0. The fourth-order valence-corrected chi connectivity index (χ4v) is 0.595. The van der Waals surface area contributed by atoms with Gasteiger partial charge in [-0.05, 0) is 6.07 Å². The highest BCUT2D eigenvalue weighted by Gasteiger charge is 1.96. The molecule has 0 aromatic carbocycles. The zero-order valence-corrected chi connectivity index (χ0v) is 5.32. The fourth-order valence-electron chi connectivity index (χ4n) is 0.595. The first kappa shape index (κ1) is 6.80. The molecule has 1 rings (SSSR count). The average molecular weight is 139 g/mol. The number of aliphatic carboxylic acids is 1. The van der Waals surface area contributed by atoms with Crippen LogP contribution in [0.3, 0.4) is 0 Å². The summed E-state index contributed by atoms with van der Waals surface area (Å²) in [6.07, 6.45) is 4.36. The SMILES string of the molecule is O=C(O)CCn1cc[c]n1. The Morgan fingerprint density at radius 1 is 1.80 bits per heavy atom. The highest BCUT2D eigenvalue weighted by atomic mass is 16.4. The van der Waals surface area contributed by atoms with Crippen LogP contribution in [0.4, 0.5) is 0 Å². The molecule has 1 heterocycles. The summed E-state index contributed by atoms with van der Waals surface area (Å²) in [6.45, 7) is 0.416. The molecule has 1 aromatic heterocycles. The van der Waals surface area contributed by atoms with Gasteiger partial charge < -0.3 is 5.11 Å². The van der Waals surface area contributed by atoms with Gasteiger partial charge in [0.15, 0.2) is 0 Å². The minimum atomic E-state index is -0.810. The van der Waals surface area contributed by atoms with Crippen LogP contribution in [0.2, 0.25) is 0 Å². The maximum absolute atomic E-state index is 10.0. The van der Waals surface area contributed by atoms with Crippen LogP contribution in [0.15, 0.2) is 12.3 Å². The van der Waals surface area contributed by atoms with Crippen molar-refractivity contribution in [2.24, 2.45) is 0 Å². The fraction of sp³-hybridized carbons (Fsp3) is 0.333. The lowest BCUT2D eigenvalue weighted by Crippen LogP contribution is -2.04. The molecule has 0 amide bonds. The minimum Gasteiger partial charge on any atom is -0.481 e. The van der Waals surface area contributed by atoms with Crippen LogP contribution in [0.5, 0.6) is 0 Å². The van der Waals surface area contributed by atoms with Crippen LogP contribution in [-0.4, -0.2) is 20.9 Å². The van der Waals surface area contributed by atoms with E-state index in [2.05, 4.69) is 11.3 Å². The van der Waals surface area contributed by atoms with E-state index in [9.17, 15) is 4.79 Å². The van der Waals surface area contributed by atoms with E-state index in [1.165, 1.54) is 4.68 Å². The van der Waals surface area contributed by atoms with Crippen LogP contribution in [0.25, 0.3) is 0 Å². The largest absolute Gasteiger partial charge is 0.481 e. The van der Waals surface area contributed by atoms with Gasteiger partial charge in [0.1, 0.15) is 6.20 Å². The van der Waals surface area contributed by atoms with Crippen LogP contribution in [0.1, 0.15) is 6.42 Å². The second-order valence-electron chi connectivity index (χ2n) is 1.85. The van der Waals surface area contributed by atoms with Gasteiger partial charge >= 0.3 is 5.97 Å². The number of aryl methyl sites for hydroxylation is 1. The van der Waals surface area contributed by atoms with Gasteiger partial charge in [-0.2, -0.15) is 5.10 Å². The topological polar surface area (TPSA) is 55.1 Å². The number of carboxylic acids is 1. The average Bonchev–Trinajstić information content (AvgIpc) is 2.34. The Balaban J connectivity index is 2.35. The van der Waals surface area contributed by atoms with Gasteiger partial charge in [0.25, 0.3) is 0 Å². The molecule has 0 saturated heterocycles. The second-order valence-corrected chi connectivity index (χ2v) is 1.85. The predicted octanol–water partition coefficient (Wildman–Crippen LogP) is 0.158. The summed E-state index contributed by atoms with van der Waals surface area (Å²) in [5, 5.41) is 12.0. The molecule has 0 unspecified atom stereocenters. The van der Waals surface area contributed by atoms with Crippen LogP contribution >= 0.6 is 0 Å². The van der Waals surface area contributed by atoms with Crippen LogP contribution in [-0.2, 0) is 11.3 Å². The van der Waals surface area contributed by atoms with E-state index in [4.69, 9.17) is 5.11 Å². The number of carboxylic acid groups (broad SMARTS) is 1. The van der Waals surface area contributed by atoms with Gasteiger partial charge in [-0.3, -0.25) is 9.48 Å². The molecule has 0 atom stereocenters. The molecule has 0 fully saturated rings. The first-order valence-corrected chi connectivity index (χ1v) is 2.90. The third kappa shape index (κ3) is 1.89. The number of hydrogen-bond donors (Lipinski definition) is 1. The lowest BCUT2D eigenvalue weighted by atomic mass is 10.4. The van der Waals surface area contributed by atoms with Gasteiger partial charge in [-0.1, -0.05) is 0 Å². The summed E-state index contributed by atoms with van der Waals surface area (Å²) in [6, 6.07) is 1.64. The van der Waals surface area contributed by atoms with E-state index in [0.29, 0.717) is 6.54 Å². The van der Waals surface area contributed by atoms with Gasteiger partial charge in [-0.25, -0.2) is 0 Å². The summed E-state index contributed by atoms with van der Waals surface area (Å²) in [5.41, 5.74) is 0. The number of aromatic nitrogens is 2. The third-order valence-electron chi connectivity index (χ3n) is 1.06. The Kier molecular flexibility index (Phi) is 2.04. The van der Waals surface area contributed by atoms with Crippen molar-refractivity contribution in [3.05, 3.63) is 18.5 Å². The highest BCUT2D eigenvalue weighted by Crippen LogP contribution is 1.87. The first-order chi connectivity index (χ1) is 4.79. The molecule has 1 N–H and O–H groups in total. The van der Waals surface area contributed by atoms with E-state index in [0.717, 1.165) is 0 Å². The molecule has 1 aromatic rings. The quantitative estimate of drug-likeness (QED) is 0.648. The molecule has 0 aliphatic rings. The minimum absolute atomic E-state index is 0.107. The van der Waals surface area contributed by atoms with Crippen molar-refractivity contribution in [3.8, 4) is 0 Å². The van der Waals surface area contributed by atoms with Crippen molar-refractivity contribution in [2.45, 2.75) is 13.0 Å². The Morgan fingerprint density at radius 3 is 3.10 bits per heavy atom. The third-order valence-corrected chi connectivity index (χ3v) is 1.06. The molecular weight excluding hydrogens is 132 g/mol. The normalized spacial score (nSPS) is 9.60. The number of carbonyl (C=O) groups is 1. The van der Waals surface area contributed by atoms with E-state index in [1.807, 2.05) is 0 Å². The number of nitrogens with zero attached hydrogens (tertiary/aromatic N) is 2. The number of hydrogen-bond acceptors (Lipinski definition) is 2. The Bertz CT molecular complexity index is 206. The molecule has 53 valence electrons. The zero-order chi connectivity index (χ0) is 7.40. The van der Waals surface area contributed by atoms with Gasteiger partial charge in [0.05, 0.1) is 13.0 Å². The predicted molar refractivity (Wildman–Crippen MR) is 33.3 cm³/mol. The molecule has 0 aliphatic carbocycles. The highest BCUT2D eigenvalue weighted by molar-refractivity contribution is 5.66. The van der Waals surface area contributed by atoms with Gasteiger partial charge in [0.2, 0.25) is 0 Å². The Labute approximate surface area is 58.1 Å². The summed E-state index contributed by atoms with van der Waals surface area (Å²) in [5.74, 6) is -0.810. The Morgan fingerprint density at radius 2 is 2.60 bits per heavy atom. The van der Waals surface area contributed by atoms with Crippen molar-refractivity contribution in [2.75, 3.05) is 0 Å². The molecule has 4 heteroatoms. The molecule has 1 radical (unpaired) electrons. The summed E-state index contributed by atoms with van der Waals surface area (Å²) in [4.78, 5) is 10.0. The smallest absolute Gasteiger partial charge is 0.305 e.